The molecule has 1 saturated heterocycles. The molecule has 2 heterocycles. The molecule has 1 amide bonds. The molecule has 0 unspecified atom stereocenters. The summed E-state index contributed by atoms with van der Waals surface area (Å²) >= 11 is 0. The fraction of sp³-hybridized carbons (Fsp3) is 0.533. The molecule has 1 fully saturated rings. The van der Waals surface area contributed by atoms with E-state index in [1.54, 1.807) is 30.9 Å². The van der Waals surface area contributed by atoms with Crippen molar-refractivity contribution in [2.24, 2.45) is 5.73 Å². The van der Waals surface area contributed by atoms with Crippen molar-refractivity contribution >= 4 is 30.1 Å². The normalized spacial score (nSPS) is 15.6. The Balaban J connectivity index is 0.00000264. The lowest BCUT2D eigenvalue weighted by molar-refractivity contribution is -0.132. The number of carbonyl (C=O) groups is 2. The van der Waals surface area contributed by atoms with Gasteiger partial charge in [0.15, 0.2) is 0 Å². The van der Waals surface area contributed by atoms with E-state index in [1.807, 2.05) is 0 Å². The molecule has 128 valence electrons. The van der Waals surface area contributed by atoms with Crippen molar-refractivity contribution in [3.05, 3.63) is 23.9 Å². The topological polar surface area (TPSA) is 88.8 Å². The summed E-state index contributed by atoms with van der Waals surface area (Å²) in [7, 11) is 0. The van der Waals surface area contributed by atoms with Crippen molar-refractivity contribution in [3.63, 3.8) is 0 Å². The van der Waals surface area contributed by atoms with Gasteiger partial charge in [-0.1, -0.05) is 0 Å². The average Bonchev–Trinajstić information content (AvgIpc) is 2.54. The monoisotopic (exact) mass is 342 g/mol. The molecule has 1 atom stereocenters. The van der Waals surface area contributed by atoms with E-state index in [1.165, 1.54) is 6.20 Å². The first-order chi connectivity index (χ1) is 10.5. The van der Waals surface area contributed by atoms with Gasteiger partial charge in [0.2, 0.25) is 5.91 Å². The Morgan fingerprint density at radius 3 is 2.43 bits per heavy atom. The van der Waals surface area contributed by atoms with E-state index in [-0.39, 0.29) is 24.3 Å². The van der Waals surface area contributed by atoms with Crippen molar-refractivity contribution in [3.8, 4) is 0 Å². The zero-order chi connectivity index (χ0) is 16.1. The summed E-state index contributed by atoms with van der Waals surface area (Å²) in [5, 5.41) is 0. The fourth-order valence-electron chi connectivity index (χ4n) is 2.35. The zero-order valence-corrected chi connectivity index (χ0v) is 14.2. The van der Waals surface area contributed by atoms with Crippen molar-refractivity contribution in [2.75, 3.05) is 37.7 Å². The van der Waals surface area contributed by atoms with Gasteiger partial charge in [-0.3, -0.25) is 4.79 Å². The van der Waals surface area contributed by atoms with Gasteiger partial charge < -0.3 is 20.3 Å². The summed E-state index contributed by atoms with van der Waals surface area (Å²) in [5.41, 5.74) is 6.06. The van der Waals surface area contributed by atoms with Gasteiger partial charge in [-0.15, -0.1) is 12.4 Å². The summed E-state index contributed by atoms with van der Waals surface area (Å²) in [6, 6.07) is 3.04. The third-order valence-electron chi connectivity index (χ3n) is 3.56. The SMILES string of the molecule is CCOC(=O)c1ccc(N2CCN(C(=O)[C@@H](C)N)CC2)nc1.Cl. The van der Waals surface area contributed by atoms with Crippen LogP contribution in [0.15, 0.2) is 18.3 Å². The van der Waals surface area contributed by atoms with Crippen LogP contribution in [0.3, 0.4) is 0 Å². The Morgan fingerprint density at radius 2 is 1.96 bits per heavy atom. The second kappa shape index (κ2) is 8.69. The largest absolute Gasteiger partial charge is 0.462 e. The van der Waals surface area contributed by atoms with Gasteiger partial charge in [-0.25, -0.2) is 9.78 Å². The van der Waals surface area contributed by atoms with Crippen LogP contribution in [0.5, 0.6) is 0 Å². The Bertz CT molecular complexity index is 528. The first-order valence-corrected chi connectivity index (χ1v) is 7.45. The third-order valence-corrected chi connectivity index (χ3v) is 3.56. The van der Waals surface area contributed by atoms with Gasteiger partial charge >= 0.3 is 5.97 Å². The maximum atomic E-state index is 11.8. The van der Waals surface area contributed by atoms with Crippen molar-refractivity contribution in [1.82, 2.24) is 9.88 Å². The molecule has 0 radical (unpaired) electrons. The molecule has 1 aromatic rings. The molecule has 8 heteroatoms. The number of piperazine rings is 1. The summed E-state index contributed by atoms with van der Waals surface area (Å²) in [6.07, 6.45) is 1.52. The molecule has 1 aliphatic heterocycles. The quantitative estimate of drug-likeness (QED) is 0.809. The number of nitrogens with zero attached hydrogens (tertiary/aromatic N) is 3. The molecule has 0 aliphatic carbocycles. The molecule has 0 spiro atoms. The minimum atomic E-state index is -0.464. The van der Waals surface area contributed by atoms with Gasteiger partial charge in [-0.05, 0) is 26.0 Å². The number of hydrogen-bond donors (Lipinski definition) is 1. The Hall–Kier alpha value is -1.86. The first-order valence-electron chi connectivity index (χ1n) is 7.45. The first kappa shape index (κ1) is 19.2. The number of amides is 1. The van der Waals surface area contributed by atoms with Gasteiger partial charge in [0.1, 0.15) is 5.82 Å². The molecule has 0 bridgehead atoms. The third kappa shape index (κ3) is 4.80. The number of carbonyl (C=O) groups excluding carboxylic acids is 2. The Labute approximate surface area is 142 Å². The van der Waals surface area contributed by atoms with E-state index in [2.05, 4.69) is 9.88 Å². The molecule has 0 saturated carbocycles. The lowest BCUT2D eigenvalue weighted by atomic mass is 10.2. The highest BCUT2D eigenvalue weighted by Gasteiger charge is 2.23. The van der Waals surface area contributed by atoms with E-state index in [9.17, 15) is 9.59 Å². The van der Waals surface area contributed by atoms with Crippen LogP contribution in [-0.4, -0.2) is 60.6 Å². The lowest BCUT2D eigenvalue weighted by Crippen LogP contribution is -2.52. The van der Waals surface area contributed by atoms with E-state index in [0.29, 0.717) is 38.3 Å². The average molecular weight is 343 g/mol. The minimum Gasteiger partial charge on any atom is -0.462 e. The predicted molar refractivity (Wildman–Crippen MR) is 89.9 cm³/mol. The highest BCUT2D eigenvalue weighted by Crippen LogP contribution is 2.15. The summed E-state index contributed by atoms with van der Waals surface area (Å²) in [4.78, 5) is 31.6. The number of anilines is 1. The van der Waals surface area contributed by atoms with Crippen LogP contribution < -0.4 is 10.6 Å². The molecule has 1 aliphatic rings. The second-order valence-corrected chi connectivity index (χ2v) is 5.23. The van der Waals surface area contributed by atoms with Crippen LogP contribution in [0.25, 0.3) is 0 Å². The zero-order valence-electron chi connectivity index (χ0n) is 13.4. The highest BCUT2D eigenvalue weighted by molar-refractivity contribution is 5.89. The summed E-state index contributed by atoms with van der Waals surface area (Å²) < 4.78 is 4.93. The molecule has 0 aromatic carbocycles. The smallest absolute Gasteiger partial charge is 0.339 e. The van der Waals surface area contributed by atoms with E-state index < -0.39 is 6.04 Å². The van der Waals surface area contributed by atoms with Gasteiger partial charge in [0.05, 0.1) is 18.2 Å². The van der Waals surface area contributed by atoms with Gasteiger partial charge in [-0.2, -0.15) is 0 Å². The number of nitrogens with two attached hydrogens (primary N) is 1. The number of halogens is 1. The van der Waals surface area contributed by atoms with Crippen LogP contribution in [0.1, 0.15) is 24.2 Å². The molecular formula is C15H23ClN4O3. The molecular weight excluding hydrogens is 320 g/mol. The number of esters is 1. The fourth-order valence-corrected chi connectivity index (χ4v) is 2.35. The highest BCUT2D eigenvalue weighted by atomic mass is 35.5. The predicted octanol–water partition coefficient (Wildman–Crippen LogP) is 0.676. The standard InChI is InChI=1S/C15H22N4O3.ClH/c1-3-22-15(21)12-4-5-13(17-10-12)18-6-8-19(9-7-18)14(20)11(2)16;/h4-5,10-11H,3,6-9,16H2,1-2H3;1H/t11-;/m1./s1. The van der Waals surface area contributed by atoms with Gasteiger partial charge in [0.25, 0.3) is 0 Å². The number of hydrogen-bond acceptors (Lipinski definition) is 6. The van der Waals surface area contributed by atoms with E-state index in [0.717, 1.165) is 5.82 Å². The Kier molecular flexibility index (Phi) is 7.25. The molecule has 7 nitrogen and oxygen atoms in total. The summed E-state index contributed by atoms with van der Waals surface area (Å²) in [5.74, 6) is 0.403. The van der Waals surface area contributed by atoms with Crippen molar-refractivity contribution < 1.29 is 14.3 Å². The number of rotatable bonds is 4. The molecule has 23 heavy (non-hydrogen) atoms. The van der Waals surface area contributed by atoms with Crippen molar-refractivity contribution in [2.45, 2.75) is 19.9 Å². The van der Waals surface area contributed by atoms with Crippen LogP contribution in [0, 0.1) is 0 Å². The molecule has 1 aromatic heterocycles. The van der Waals surface area contributed by atoms with E-state index in [4.69, 9.17) is 10.5 Å². The molecule has 2 rings (SSSR count). The minimum absolute atomic E-state index is 0. The van der Waals surface area contributed by atoms with Crippen LogP contribution in [0.4, 0.5) is 5.82 Å². The lowest BCUT2D eigenvalue weighted by Gasteiger charge is -2.36. The molecule has 2 N–H and O–H groups in total. The van der Waals surface area contributed by atoms with E-state index >= 15 is 0 Å². The van der Waals surface area contributed by atoms with Crippen LogP contribution in [-0.2, 0) is 9.53 Å². The maximum absolute atomic E-state index is 11.8. The number of pyridine rings is 1. The Morgan fingerprint density at radius 1 is 1.30 bits per heavy atom. The van der Waals surface area contributed by atoms with Crippen LogP contribution >= 0.6 is 12.4 Å². The van der Waals surface area contributed by atoms with Crippen LogP contribution in [0.2, 0.25) is 0 Å². The maximum Gasteiger partial charge on any atom is 0.339 e. The summed E-state index contributed by atoms with van der Waals surface area (Å²) in [6.45, 7) is 6.46. The number of ether oxygens (including phenoxy) is 1. The second-order valence-electron chi connectivity index (χ2n) is 5.23. The number of aromatic nitrogens is 1. The van der Waals surface area contributed by atoms with Gasteiger partial charge in [0, 0.05) is 32.4 Å². The van der Waals surface area contributed by atoms with Crippen molar-refractivity contribution in [1.29, 1.82) is 0 Å².